The first kappa shape index (κ1) is 16.1. The largest absolute Gasteiger partial charge is 0.478 e. The van der Waals surface area contributed by atoms with Crippen LogP contribution in [0.5, 0.6) is 0 Å². The van der Waals surface area contributed by atoms with Crippen LogP contribution in [0.15, 0.2) is 17.7 Å². The van der Waals surface area contributed by atoms with Gasteiger partial charge in [0.1, 0.15) is 0 Å². The number of hydrogen-bond donors (Lipinski definition) is 1. The first-order valence-corrected chi connectivity index (χ1v) is 8.46. The molecule has 1 aliphatic heterocycles. The second-order valence-electron chi connectivity index (χ2n) is 3.99. The number of nitrogens with zero attached hydrogens (tertiary/aromatic N) is 1. The van der Waals surface area contributed by atoms with Gasteiger partial charge >= 0.3 is 5.97 Å². The monoisotopic (exact) mass is 609 g/mol. The first-order chi connectivity index (χ1) is 9.25. The second kappa shape index (κ2) is 5.87. The smallest absolute Gasteiger partial charge is 0.337 e. The molecule has 0 saturated carbocycles. The van der Waals surface area contributed by atoms with Gasteiger partial charge in [-0.25, -0.2) is 9.69 Å². The molecule has 1 aromatic rings. The Kier molecular flexibility index (Phi) is 4.73. The van der Waals surface area contributed by atoms with Crippen molar-refractivity contribution in [2.24, 2.45) is 0 Å². The fourth-order valence-corrected chi connectivity index (χ4v) is 6.10. The molecule has 2 rings (SSSR count). The van der Waals surface area contributed by atoms with Crippen molar-refractivity contribution < 1.29 is 19.5 Å². The molecule has 0 unspecified atom stereocenters. The number of carboxylic acids is 1. The van der Waals surface area contributed by atoms with Crippen molar-refractivity contribution in [2.75, 3.05) is 4.90 Å². The van der Waals surface area contributed by atoms with E-state index < -0.39 is 17.8 Å². The molecule has 0 bridgehead atoms. The summed E-state index contributed by atoms with van der Waals surface area (Å²) in [6, 6.07) is 1.65. The molecule has 1 aromatic carbocycles. The van der Waals surface area contributed by atoms with Crippen molar-refractivity contribution in [3.8, 4) is 0 Å². The van der Waals surface area contributed by atoms with E-state index in [1.807, 2.05) is 67.8 Å². The number of imide groups is 1. The van der Waals surface area contributed by atoms with Crippen LogP contribution in [-0.2, 0) is 9.59 Å². The van der Waals surface area contributed by atoms with E-state index in [2.05, 4.69) is 0 Å². The highest BCUT2D eigenvalue weighted by Gasteiger charge is 2.34. The van der Waals surface area contributed by atoms with Crippen molar-refractivity contribution in [3.63, 3.8) is 0 Å². The summed E-state index contributed by atoms with van der Waals surface area (Å²) in [5.41, 5.74) is 0.788. The summed E-state index contributed by atoms with van der Waals surface area (Å²) in [5.74, 6) is -1.94. The number of anilines is 1. The number of hydrogen-bond acceptors (Lipinski definition) is 3. The Bertz CT molecular complexity index is 696. The van der Waals surface area contributed by atoms with Gasteiger partial charge in [-0.05, 0) is 80.8 Å². The maximum absolute atomic E-state index is 12.1. The van der Waals surface area contributed by atoms with Crippen molar-refractivity contribution in [1.29, 1.82) is 0 Å². The van der Waals surface area contributed by atoms with Gasteiger partial charge in [-0.1, -0.05) is 0 Å². The predicted molar refractivity (Wildman–Crippen MR) is 97.8 cm³/mol. The van der Waals surface area contributed by atoms with Gasteiger partial charge < -0.3 is 5.11 Å². The topological polar surface area (TPSA) is 74.7 Å². The molecule has 2 amide bonds. The molecule has 0 aromatic heterocycles. The predicted octanol–water partition coefficient (Wildman–Crippen LogP) is 3.02. The first-order valence-electron chi connectivity index (χ1n) is 5.23. The highest BCUT2D eigenvalue weighted by Crippen LogP contribution is 2.36. The number of amides is 2. The quantitative estimate of drug-likeness (QED) is 0.414. The zero-order chi connectivity index (χ0) is 15.2. The van der Waals surface area contributed by atoms with Gasteiger partial charge in [-0.3, -0.25) is 9.59 Å². The van der Waals surface area contributed by atoms with Crippen molar-refractivity contribution in [3.05, 3.63) is 34.0 Å². The Morgan fingerprint density at radius 1 is 1.20 bits per heavy atom. The van der Waals surface area contributed by atoms with Crippen LogP contribution in [0.1, 0.15) is 17.3 Å². The molecule has 0 fully saturated rings. The lowest BCUT2D eigenvalue weighted by Gasteiger charge is -2.20. The lowest BCUT2D eigenvalue weighted by Crippen LogP contribution is -2.32. The molecule has 0 radical (unpaired) electrons. The van der Waals surface area contributed by atoms with Gasteiger partial charge in [0.05, 0.1) is 14.8 Å². The van der Waals surface area contributed by atoms with E-state index in [9.17, 15) is 19.5 Å². The van der Waals surface area contributed by atoms with Gasteiger partial charge in [-0.15, -0.1) is 0 Å². The lowest BCUT2D eigenvalue weighted by molar-refractivity contribution is -0.120. The molecule has 104 valence electrons. The van der Waals surface area contributed by atoms with E-state index >= 15 is 0 Å². The minimum absolute atomic E-state index is 0.103. The van der Waals surface area contributed by atoms with E-state index in [0.29, 0.717) is 22.0 Å². The highest BCUT2D eigenvalue weighted by atomic mass is 127. The molecular formula is C12H6I3NO4. The van der Waals surface area contributed by atoms with Gasteiger partial charge in [0.15, 0.2) is 0 Å². The molecule has 5 nitrogen and oxygen atoms in total. The maximum Gasteiger partial charge on any atom is 0.337 e. The van der Waals surface area contributed by atoms with Gasteiger partial charge in [0.2, 0.25) is 0 Å². The summed E-state index contributed by atoms with van der Waals surface area (Å²) < 4.78 is 1.61. The fraction of sp³-hybridized carbons (Fsp3) is 0.0833. The maximum atomic E-state index is 12.1. The number of benzene rings is 1. The van der Waals surface area contributed by atoms with E-state index in [-0.39, 0.29) is 5.56 Å². The lowest BCUT2D eigenvalue weighted by atomic mass is 10.2. The van der Waals surface area contributed by atoms with E-state index in [0.717, 1.165) is 4.90 Å². The van der Waals surface area contributed by atoms with E-state index in [4.69, 9.17) is 0 Å². The summed E-state index contributed by atoms with van der Waals surface area (Å²) in [5, 5.41) is 9.27. The third-order valence-corrected chi connectivity index (χ3v) is 5.41. The molecule has 8 heteroatoms. The van der Waals surface area contributed by atoms with Crippen LogP contribution in [0.4, 0.5) is 5.69 Å². The molecule has 20 heavy (non-hydrogen) atoms. The van der Waals surface area contributed by atoms with Crippen LogP contribution in [-0.4, -0.2) is 22.9 Å². The summed E-state index contributed by atoms with van der Waals surface area (Å²) in [6.07, 6.45) is 1.26. The summed E-state index contributed by atoms with van der Waals surface area (Å²) >= 11 is 5.79. The Morgan fingerprint density at radius 3 is 2.25 bits per heavy atom. The van der Waals surface area contributed by atoms with E-state index in [1.165, 1.54) is 6.08 Å². The zero-order valence-electron chi connectivity index (χ0n) is 9.91. The Labute approximate surface area is 155 Å². The number of rotatable bonds is 2. The van der Waals surface area contributed by atoms with Crippen molar-refractivity contribution in [1.82, 2.24) is 0 Å². The third kappa shape index (κ3) is 2.61. The van der Waals surface area contributed by atoms with Crippen molar-refractivity contribution >= 4 is 91.2 Å². The standard InChI is InChI=1S/C12H6I3NO4/c1-4-2-7(17)16(11(4)18)10-6(14)3-5(13)8(9(10)15)12(19)20/h2-3H,1H3,(H,19,20). The normalized spacial score (nSPS) is 14.8. The van der Waals surface area contributed by atoms with Crippen LogP contribution in [0.25, 0.3) is 0 Å². The molecule has 1 N–H and O–H groups in total. The molecular weight excluding hydrogens is 603 g/mol. The molecule has 1 heterocycles. The second-order valence-corrected chi connectivity index (χ2v) is 7.39. The van der Waals surface area contributed by atoms with Crippen LogP contribution in [0, 0.1) is 10.7 Å². The summed E-state index contributed by atoms with van der Waals surface area (Å²) in [4.78, 5) is 36.4. The van der Waals surface area contributed by atoms with Crippen LogP contribution in [0.2, 0.25) is 0 Å². The Morgan fingerprint density at radius 2 is 1.80 bits per heavy atom. The fourth-order valence-electron chi connectivity index (χ4n) is 1.78. The zero-order valence-corrected chi connectivity index (χ0v) is 16.4. The molecule has 0 spiro atoms. The molecule has 0 saturated heterocycles. The number of carboxylic acid groups (broad SMARTS) is 1. The van der Waals surface area contributed by atoms with Gasteiger partial charge in [-0.2, -0.15) is 0 Å². The van der Waals surface area contributed by atoms with Gasteiger partial charge in [0, 0.05) is 18.8 Å². The average molecular weight is 609 g/mol. The number of aromatic carboxylic acids is 1. The summed E-state index contributed by atoms with van der Waals surface area (Å²) in [7, 11) is 0. The number of halogens is 3. The van der Waals surface area contributed by atoms with Crippen LogP contribution < -0.4 is 4.90 Å². The molecule has 0 atom stereocenters. The minimum Gasteiger partial charge on any atom is -0.478 e. The average Bonchev–Trinajstić information content (AvgIpc) is 2.54. The Balaban J connectivity index is 2.71. The number of carbonyl (C=O) groups excluding carboxylic acids is 2. The SMILES string of the molecule is CC1=CC(=O)N(c2c(I)cc(I)c(C(=O)O)c2I)C1=O. The summed E-state index contributed by atoms with van der Waals surface area (Å²) in [6.45, 7) is 1.56. The third-order valence-electron chi connectivity index (χ3n) is 2.68. The van der Waals surface area contributed by atoms with Crippen molar-refractivity contribution in [2.45, 2.75) is 6.92 Å². The minimum atomic E-state index is -1.08. The van der Waals surface area contributed by atoms with Crippen LogP contribution in [0.3, 0.4) is 0 Å². The molecule has 1 aliphatic rings. The number of carbonyl (C=O) groups is 3. The van der Waals surface area contributed by atoms with Gasteiger partial charge in [0.25, 0.3) is 11.8 Å². The van der Waals surface area contributed by atoms with Crippen LogP contribution >= 0.6 is 67.8 Å². The molecule has 0 aliphatic carbocycles. The highest BCUT2D eigenvalue weighted by molar-refractivity contribution is 14.1. The Hall–Kier alpha value is -0.240. The van der Waals surface area contributed by atoms with E-state index in [1.54, 1.807) is 13.0 Å².